The molecule has 1 aromatic heterocycles. The lowest BCUT2D eigenvalue weighted by Crippen LogP contribution is -2.36. The molecule has 0 saturated heterocycles. The second-order valence-electron chi connectivity index (χ2n) is 3.48. The number of aliphatic hydroxyl groups excluding tert-OH is 1. The largest absolute Gasteiger partial charge is 0.395 e. The average molecular weight is 212 g/mol. The van der Waals surface area contributed by atoms with Gasteiger partial charge in [0.25, 0.3) is 5.56 Å². The van der Waals surface area contributed by atoms with Crippen molar-refractivity contribution >= 4 is 11.5 Å². The van der Waals surface area contributed by atoms with Crippen molar-refractivity contribution in [2.75, 3.05) is 23.8 Å². The SMILES string of the molecule is CC(C)N(CCO)c1nc[nH]c(=O)c1N. The maximum absolute atomic E-state index is 11.3. The van der Waals surface area contributed by atoms with Crippen molar-refractivity contribution in [3.8, 4) is 0 Å². The van der Waals surface area contributed by atoms with Crippen LogP contribution in [0.4, 0.5) is 11.5 Å². The van der Waals surface area contributed by atoms with E-state index >= 15 is 0 Å². The third-order valence-corrected chi connectivity index (χ3v) is 2.10. The molecule has 1 aromatic rings. The molecule has 0 aliphatic rings. The molecule has 0 fully saturated rings. The third kappa shape index (κ3) is 2.47. The van der Waals surface area contributed by atoms with Gasteiger partial charge in [-0.05, 0) is 13.8 Å². The van der Waals surface area contributed by atoms with Gasteiger partial charge < -0.3 is 20.7 Å². The van der Waals surface area contributed by atoms with Gasteiger partial charge in [-0.1, -0.05) is 0 Å². The van der Waals surface area contributed by atoms with E-state index in [-0.39, 0.29) is 23.9 Å². The Balaban J connectivity index is 3.11. The summed E-state index contributed by atoms with van der Waals surface area (Å²) in [6.07, 6.45) is 1.31. The summed E-state index contributed by atoms with van der Waals surface area (Å²) in [6.45, 7) is 4.28. The average Bonchev–Trinajstić information content (AvgIpc) is 2.19. The molecule has 15 heavy (non-hydrogen) atoms. The molecule has 0 atom stereocenters. The van der Waals surface area contributed by atoms with Gasteiger partial charge >= 0.3 is 0 Å². The standard InChI is InChI=1S/C9H16N4O2/c1-6(2)13(3-4-14)8-7(10)9(15)12-5-11-8/h5-6,14H,3-4,10H2,1-2H3,(H,11,12,15). The van der Waals surface area contributed by atoms with Crippen molar-refractivity contribution in [3.63, 3.8) is 0 Å². The molecule has 1 heterocycles. The van der Waals surface area contributed by atoms with Crippen LogP contribution >= 0.6 is 0 Å². The first-order valence-corrected chi connectivity index (χ1v) is 4.78. The summed E-state index contributed by atoms with van der Waals surface area (Å²) in [7, 11) is 0. The molecule has 0 aliphatic carbocycles. The predicted molar refractivity (Wildman–Crippen MR) is 58.8 cm³/mol. The molecule has 1 rings (SSSR count). The Hall–Kier alpha value is -1.56. The van der Waals surface area contributed by atoms with Crippen LogP contribution in [0.2, 0.25) is 0 Å². The molecule has 4 N–H and O–H groups in total. The highest BCUT2D eigenvalue weighted by molar-refractivity contribution is 5.61. The van der Waals surface area contributed by atoms with E-state index in [4.69, 9.17) is 10.8 Å². The molecule has 84 valence electrons. The van der Waals surface area contributed by atoms with Crippen LogP contribution in [0, 0.1) is 0 Å². The number of aromatic amines is 1. The van der Waals surface area contributed by atoms with Crippen LogP contribution in [0.5, 0.6) is 0 Å². The first kappa shape index (κ1) is 11.5. The number of nitrogen functional groups attached to an aromatic ring is 1. The molecule has 0 bridgehead atoms. The molecule has 0 saturated carbocycles. The number of aliphatic hydroxyl groups is 1. The van der Waals surface area contributed by atoms with Crippen LogP contribution in [-0.4, -0.2) is 34.3 Å². The third-order valence-electron chi connectivity index (χ3n) is 2.10. The van der Waals surface area contributed by atoms with Gasteiger partial charge in [0.2, 0.25) is 0 Å². The Morgan fingerprint density at radius 2 is 2.33 bits per heavy atom. The van der Waals surface area contributed by atoms with Crippen molar-refractivity contribution < 1.29 is 5.11 Å². The first-order valence-electron chi connectivity index (χ1n) is 4.78. The van der Waals surface area contributed by atoms with Crippen LogP contribution in [-0.2, 0) is 0 Å². The van der Waals surface area contributed by atoms with E-state index < -0.39 is 0 Å². The van der Waals surface area contributed by atoms with E-state index in [2.05, 4.69) is 9.97 Å². The van der Waals surface area contributed by atoms with Crippen molar-refractivity contribution in [2.45, 2.75) is 19.9 Å². The van der Waals surface area contributed by atoms with Crippen molar-refractivity contribution in [1.82, 2.24) is 9.97 Å². The second kappa shape index (κ2) is 4.79. The lowest BCUT2D eigenvalue weighted by Gasteiger charge is -2.27. The Bertz CT molecular complexity index is 375. The topological polar surface area (TPSA) is 95.2 Å². The van der Waals surface area contributed by atoms with E-state index in [0.29, 0.717) is 12.4 Å². The quantitative estimate of drug-likeness (QED) is 0.629. The van der Waals surface area contributed by atoms with Crippen LogP contribution in [0.1, 0.15) is 13.8 Å². The predicted octanol–water partition coefficient (Wildman–Crippen LogP) is -0.441. The number of aromatic nitrogens is 2. The van der Waals surface area contributed by atoms with Crippen molar-refractivity contribution in [3.05, 3.63) is 16.7 Å². The number of nitrogens with zero attached hydrogens (tertiary/aromatic N) is 2. The van der Waals surface area contributed by atoms with Crippen molar-refractivity contribution in [2.24, 2.45) is 0 Å². The highest BCUT2D eigenvalue weighted by Gasteiger charge is 2.15. The van der Waals surface area contributed by atoms with E-state index in [1.807, 2.05) is 13.8 Å². The van der Waals surface area contributed by atoms with Gasteiger partial charge in [0.1, 0.15) is 5.69 Å². The summed E-state index contributed by atoms with van der Waals surface area (Å²) in [5, 5.41) is 8.91. The molecule has 6 nitrogen and oxygen atoms in total. The Kier molecular flexibility index (Phi) is 3.68. The van der Waals surface area contributed by atoms with Crippen LogP contribution in [0.3, 0.4) is 0 Å². The maximum atomic E-state index is 11.3. The number of nitrogens with one attached hydrogen (secondary N) is 1. The van der Waals surface area contributed by atoms with Gasteiger partial charge in [0.15, 0.2) is 5.82 Å². The van der Waals surface area contributed by atoms with Gasteiger partial charge in [0, 0.05) is 12.6 Å². The Morgan fingerprint density at radius 3 is 2.87 bits per heavy atom. The molecule has 0 spiro atoms. The highest BCUT2D eigenvalue weighted by atomic mass is 16.3. The van der Waals surface area contributed by atoms with Gasteiger partial charge in [-0.3, -0.25) is 4.79 Å². The molecular formula is C9H16N4O2. The fourth-order valence-electron chi connectivity index (χ4n) is 1.35. The Labute approximate surface area is 87.8 Å². The van der Waals surface area contributed by atoms with Gasteiger partial charge in [-0.2, -0.15) is 0 Å². The van der Waals surface area contributed by atoms with E-state index in [1.165, 1.54) is 6.33 Å². The summed E-state index contributed by atoms with van der Waals surface area (Å²) in [4.78, 5) is 19.5. The lowest BCUT2D eigenvalue weighted by molar-refractivity contribution is 0.298. The summed E-state index contributed by atoms with van der Waals surface area (Å²) in [5.41, 5.74) is 5.35. The minimum absolute atomic E-state index is 0.00784. The Morgan fingerprint density at radius 1 is 1.67 bits per heavy atom. The molecule has 0 aliphatic heterocycles. The first-order chi connectivity index (χ1) is 7.07. The summed E-state index contributed by atoms with van der Waals surface area (Å²) >= 11 is 0. The highest BCUT2D eigenvalue weighted by Crippen LogP contribution is 2.17. The maximum Gasteiger partial charge on any atom is 0.276 e. The zero-order chi connectivity index (χ0) is 11.4. The van der Waals surface area contributed by atoms with E-state index in [9.17, 15) is 4.79 Å². The second-order valence-corrected chi connectivity index (χ2v) is 3.48. The van der Waals surface area contributed by atoms with Gasteiger partial charge in [-0.15, -0.1) is 0 Å². The zero-order valence-corrected chi connectivity index (χ0v) is 8.90. The molecule has 0 aromatic carbocycles. The van der Waals surface area contributed by atoms with E-state index in [1.54, 1.807) is 4.90 Å². The normalized spacial score (nSPS) is 10.7. The number of nitrogens with two attached hydrogens (primary N) is 1. The number of hydrogen-bond acceptors (Lipinski definition) is 5. The monoisotopic (exact) mass is 212 g/mol. The van der Waals surface area contributed by atoms with E-state index in [0.717, 1.165) is 0 Å². The molecule has 6 heteroatoms. The summed E-state index contributed by atoms with van der Waals surface area (Å²) in [5.74, 6) is 0.419. The molecule has 0 unspecified atom stereocenters. The van der Waals surface area contributed by atoms with Crippen molar-refractivity contribution in [1.29, 1.82) is 0 Å². The lowest BCUT2D eigenvalue weighted by atomic mass is 10.3. The molecule has 0 amide bonds. The fourth-order valence-corrected chi connectivity index (χ4v) is 1.35. The van der Waals surface area contributed by atoms with Crippen LogP contribution in [0.15, 0.2) is 11.1 Å². The smallest absolute Gasteiger partial charge is 0.276 e. The number of hydrogen-bond donors (Lipinski definition) is 3. The van der Waals surface area contributed by atoms with Crippen LogP contribution < -0.4 is 16.2 Å². The number of anilines is 2. The number of rotatable bonds is 4. The van der Waals surface area contributed by atoms with Gasteiger partial charge in [0.05, 0.1) is 12.9 Å². The zero-order valence-electron chi connectivity index (χ0n) is 8.90. The number of H-pyrrole nitrogens is 1. The fraction of sp³-hybridized carbons (Fsp3) is 0.556. The molecule has 0 radical (unpaired) electrons. The van der Waals surface area contributed by atoms with Crippen LogP contribution in [0.25, 0.3) is 0 Å². The minimum atomic E-state index is -0.358. The summed E-state index contributed by atoms with van der Waals surface area (Å²) < 4.78 is 0. The van der Waals surface area contributed by atoms with Gasteiger partial charge in [-0.25, -0.2) is 4.98 Å². The molecular weight excluding hydrogens is 196 g/mol. The minimum Gasteiger partial charge on any atom is -0.395 e. The summed E-state index contributed by atoms with van der Waals surface area (Å²) in [6, 6.07) is 0.119.